The Bertz CT molecular complexity index is 1040. The first kappa shape index (κ1) is 17.3. The molecule has 0 aliphatic heterocycles. The normalized spacial score (nSPS) is 11.0. The summed E-state index contributed by atoms with van der Waals surface area (Å²) in [5, 5.41) is 17.1. The van der Waals surface area contributed by atoms with Crippen molar-refractivity contribution >= 4 is 39.3 Å². The van der Waals surface area contributed by atoms with E-state index in [4.69, 9.17) is 20.4 Å². The van der Waals surface area contributed by atoms with E-state index in [-0.39, 0.29) is 0 Å². The van der Waals surface area contributed by atoms with E-state index in [1.165, 1.54) is 11.8 Å². The molecular weight excluding hydrogens is 440 g/mol. The average Bonchev–Trinajstić information content (AvgIpc) is 3.30. The lowest BCUT2D eigenvalue weighted by atomic mass is 10.2. The Kier molecular flexibility index (Phi) is 5.05. The SMILES string of the molecule is Clc1ccccc1-c1nnc(CSc2nnc(-c3ccc(Br)cc3)o2)o1. The summed E-state index contributed by atoms with van der Waals surface area (Å²) >= 11 is 10.9. The number of thioether (sulfide) groups is 1. The third-order valence-corrected chi connectivity index (χ3v) is 5.05. The Balaban J connectivity index is 1.44. The predicted octanol–water partition coefficient (Wildman–Crippen LogP) is 5.49. The summed E-state index contributed by atoms with van der Waals surface area (Å²) < 4.78 is 12.3. The highest BCUT2D eigenvalue weighted by Gasteiger charge is 2.14. The number of benzene rings is 2. The molecule has 0 bridgehead atoms. The molecule has 6 nitrogen and oxygen atoms in total. The van der Waals surface area contributed by atoms with Gasteiger partial charge in [0.1, 0.15) is 0 Å². The minimum Gasteiger partial charge on any atom is -0.420 e. The highest BCUT2D eigenvalue weighted by molar-refractivity contribution is 9.10. The Morgan fingerprint density at radius 3 is 2.46 bits per heavy atom. The molecule has 0 aliphatic carbocycles. The number of halogens is 2. The zero-order valence-corrected chi connectivity index (χ0v) is 16.3. The first-order valence-corrected chi connectivity index (χ1v) is 9.64. The van der Waals surface area contributed by atoms with Gasteiger partial charge in [0, 0.05) is 10.0 Å². The van der Waals surface area contributed by atoms with Crippen LogP contribution in [0.3, 0.4) is 0 Å². The van der Waals surface area contributed by atoms with Crippen LogP contribution in [0.4, 0.5) is 0 Å². The van der Waals surface area contributed by atoms with Crippen LogP contribution in [0.15, 0.2) is 67.1 Å². The van der Waals surface area contributed by atoms with E-state index in [0.29, 0.717) is 39.2 Å². The van der Waals surface area contributed by atoms with Crippen molar-refractivity contribution < 1.29 is 8.83 Å². The first-order valence-electron chi connectivity index (χ1n) is 7.48. The van der Waals surface area contributed by atoms with Gasteiger partial charge >= 0.3 is 0 Å². The van der Waals surface area contributed by atoms with Gasteiger partial charge in [-0.25, -0.2) is 0 Å². The molecule has 9 heteroatoms. The Hall–Kier alpha value is -2.16. The molecule has 0 saturated heterocycles. The van der Waals surface area contributed by atoms with Crippen LogP contribution in [-0.2, 0) is 5.75 Å². The maximum atomic E-state index is 6.14. The second-order valence-corrected chi connectivity index (χ2v) is 7.40. The molecule has 0 spiro atoms. The summed E-state index contributed by atoms with van der Waals surface area (Å²) in [5.74, 6) is 1.71. The number of aromatic nitrogens is 4. The molecular formula is C17H10BrClN4O2S. The van der Waals surface area contributed by atoms with Crippen LogP contribution < -0.4 is 0 Å². The largest absolute Gasteiger partial charge is 0.420 e. The van der Waals surface area contributed by atoms with Gasteiger partial charge in [0.15, 0.2) is 0 Å². The summed E-state index contributed by atoms with van der Waals surface area (Å²) in [7, 11) is 0. The fraction of sp³-hybridized carbons (Fsp3) is 0.0588. The van der Waals surface area contributed by atoms with E-state index in [2.05, 4.69) is 36.3 Å². The molecule has 2 aromatic heterocycles. The van der Waals surface area contributed by atoms with Gasteiger partial charge in [-0.3, -0.25) is 0 Å². The minimum absolute atomic E-state index is 0.382. The van der Waals surface area contributed by atoms with Gasteiger partial charge in [0.25, 0.3) is 5.22 Å². The van der Waals surface area contributed by atoms with Gasteiger partial charge in [-0.15, -0.1) is 20.4 Å². The summed E-state index contributed by atoms with van der Waals surface area (Å²) in [6.45, 7) is 0. The average molecular weight is 450 g/mol. The van der Waals surface area contributed by atoms with E-state index in [0.717, 1.165) is 10.0 Å². The zero-order valence-electron chi connectivity index (χ0n) is 13.1. The summed E-state index contributed by atoms with van der Waals surface area (Å²) in [6, 6.07) is 15.0. The second-order valence-electron chi connectivity index (χ2n) is 5.15. The molecule has 2 heterocycles. The van der Waals surface area contributed by atoms with Gasteiger partial charge in [-0.05, 0) is 36.4 Å². The van der Waals surface area contributed by atoms with Gasteiger partial charge in [0.2, 0.25) is 17.7 Å². The van der Waals surface area contributed by atoms with E-state index < -0.39 is 0 Å². The van der Waals surface area contributed by atoms with Crippen molar-refractivity contribution in [2.75, 3.05) is 0 Å². The fourth-order valence-electron chi connectivity index (χ4n) is 2.16. The third-order valence-electron chi connectivity index (χ3n) is 3.39. The van der Waals surface area contributed by atoms with Crippen molar-refractivity contribution in [3.63, 3.8) is 0 Å². The quantitative estimate of drug-likeness (QED) is 0.372. The van der Waals surface area contributed by atoms with Crippen LogP contribution >= 0.6 is 39.3 Å². The van der Waals surface area contributed by atoms with Crippen molar-refractivity contribution in [3.05, 3.63) is 63.9 Å². The van der Waals surface area contributed by atoms with Gasteiger partial charge < -0.3 is 8.83 Å². The van der Waals surface area contributed by atoms with Gasteiger partial charge in [-0.1, -0.05) is 51.4 Å². The molecule has 2 aromatic carbocycles. The van der Waals surface area contributed by atoms with Crippen molar-refractivity contribution in [2.45, 2.75) is 11.0 Å². The lowest BCUT2D eigenvalue weighted by molar-refractivity contribution is 0.464. The van der Waals surface area contributed by atoms with Crippen LogP contribution in [0, 0.1) is 0 Å². The molecule has 0 saturated carbocycles. The van der Waals surface area contributed by atoms with Crippen molar-refractivity contribution in [3.8, 4) is 22.9 Å². The topological polar surface area (TPSA) is 77.8 Å². The second kappa shape index (κ2) is 7.61. The summed E-state index contributed by atoms with van der Waals surface area (Å²) in [4.78, 5) is 0. The predicted molar refractivity (Wildman–Crippen MR) is 102 cm³/mol. The zero-order chi connectivity index (χ0) is 17.9. The Morgan fingerprint density at radius 2 is 1.65 bits per heavy atom. The van der Waals surface area contributed by atoms with E-state index in [1.54, 1.807) is 6.07 Å². The van der Waals surface area contributed by atoms with Crippen LogP contribution in [0.1, 0.15) is 5.89 Å². The number of hydrogen-bond acceptors (Lipinski definition) is 7. The van der Waals surface area contributed by atoms with Crippen LogP contribution in [0.25, 0.3) is 22.9 Å². The van der Waals surface area contributed by atoms with Crippen LogP contribution in [0.5, 0.6) is 0 Å². The van der Waals surface area contributed by atoms with Crippen molar-refractivity contribution in [2.24, 2.45) is 0 Å². The maximum absolute atomic E-state index is 6.14. The molecule has 0 radical (unpaired) electrons. The molecule has 26 heavy (non-hydrogen) atoms. The molecule has 0 fully saturated rings. The number of hydrogen-bond donors (Lipinski definition) is 0. The highest BCUT2D eigenvalue weighted by Crippen LogP contribution is 2.29. The van der Waals surface area contributed by atoms with Gasteiger partial charge in [-0.2, -0.15) is 0 Å². The minimum atomic E-state index is 0.382. The number of rotatable bonds is 5. The monoisotopic (exact) mass is 448 g/mol. The standard InChI is InChI=1S/C17H10BrClN4O2S/c18-11-7-5-10(6-8-11)15-21-23-17(25-15)26-9-14-20-22-16(24-14)12-3-1-2-4-13(12)19/h1-8H,9H2. The molecule has 4 aromatic rings. The molecule has 0 aliphatic rings. The molecule has 0 unspecified atom stereocenters. The lowest BCUT2D eigenvalue weighted by Gasteiger charge is -1.96. The molecule has 0 N–H and O–H groups in total. The first-order chi connectivity index (χ1) is 12.7. The smallest absolute Gasteiger partial charge is 0.277 e. The van der Waals surface area contributed by atoms with E-state index in [9.17, 15) is 0 Å². The summed E-state index contributed by atoms with van der Waals surface area (Å²) in [6.07, 6.45) is 0. The highest BCUT2D eigenvalue weighted by atomic mass is 79.9. The van der Waals surface area contributed by atoms with Crippen molar-refractivity contribution in [1.82, 2.24) is 20.4 Å². The lowest BCUT2D eigenvalue weighted by Crippen LogP contribution is -1.80. The van der Waals surface area contributed by atoms with E-state index >= 15 is 0 Å². The van der Waals surface area contributed by atoms with E-state index in [1.807, 2.05) is 42.5 Å². The van der Waals surface area contributed by atoms with Crippen LogP contribution in [-0.4, -0.2) is 20.4 Å². The third kappa shape index (κ3) is 3.82. The molecule has 0 amide bonds. The Labute approximate surface area is 166 Å². The van der Waals surface area contributed by atoms with Crippen molar-refractivity contribution in [1.29, 1.82) is 0 Å². The molecule has 130 valence electrons. The number of nitrogens with zero attached hydrogens (tertiary/aromatic N) is 4. The van der Waals surface area contributed by atoms with Crippen LogP contribution in [0.2, 0.25) is 5.02 Å². The molecule has 0 atom stereocenters. The fourth-order valence-corrected chi connectivity index (χ4v) is 3.24. The molecule has 4 rings (SSSR count). The maximum Gasteiger partial charge on any atom is 0.277 e. The van der Waals surface area contributed by atoms with Gasteiger partial charge in [0.05, 0.1) is 16.3 Å². The Morgan fingerprint density at radius 1 is 0.885 bits per heavy atom. The summed E-state index contributed by atoms with van der Waals surface area (Å²) in [5.41, 5.74) is 1.56.